The van der Waals surface area contributed by atoms with Crippen LogP contribution < -0.4 is 9.64 Å². The van der Waals surface area contributed by atoms with E-state index in [1.165, 1.54) is 13.2 Å². The van der Waals surface area contributed by atoms with E-state index in [2.05, 4.69) is 0 Å². The SMILES string of the molecule is COc1ccc(C)cc1/C(O)=C1/C(=O)C(=O)N(c2cc(F)ccc2F)C1c1ccc(C)o1. The fraction of sp³-hybridized carbons (Fsp3) is 0.167. The molecule has 4 rings (SSSR count). The number of nitrogens with zero attached hydrogens (tertiary/aromatic N) is 1. The largest absolute Gasteiger partial charge is 0.507 e. The van der Waals surface area contributed by atoms with E-state index in [4.69, 9.17) is 9.15 Å². The number of aliphatic hydroxyl groups is 1. The molecule has 0 aliphatic carbocycles. The average molecular weight is 439 g/mol. The van der Waals surface area contributed by atoms with Crippen molar-refractivity contribution in [2.45, 2.75) is 19.9 Å². The van der Waals surface area contributed by atoms with E-state index in [9.17, 15) is 23.5 Å². The number of rotatable bonds is 4. The van der Waals surface area contributed by atoms with E-state index in [1.807, 2.05) is 0 Å². The molecule has 32 heavy (non-hydrogen) atoms. The second kappa shape index (κ2) is 7.96. The third-order valence-electron chi connectivity index (χ3n) is 5.25. The van der Waals surface area contributed by atoms with Crippen molar-refractivity contribution in [2.24, 2.45) is 0 Å². The Balaban J connectivity index is 2.01. The number of aryl methyl sites for hydroxylation is 2. The van der Waals surface area contributed by atoms with Gasteiger partial charge in [0.15, 0.2) is 0 Å². The maximum atomic E-state index is 14.6. The van der Waals surface area contributed by atoms with Crippen molar-refractivity contribution in [3.05, 3.63) is 88.4 Å². The third-order valence-corrected chi connectivity index (χ3v) is 5.25. The summed E-state index contributed by atoms with van der Waals surface area (Å²) in [5, 5.41) is 11.2. The minimum absolute atomic E-state index is 0.110. The Hall–Kier alpha value is -3.94. The lowest BCUT2D eigenvalue weighted by Crippen LogP contribution is -2.30. The number of ketones is 1. The highest BCUT2D eigenvalue weighted by Crippen LogP contribution is 2.44. The molecule has 0 radical (unpaired) electrons. The number of amides is 1. The zero-order valence-electron chi connectivity index (χ0n) is 17.5. The summed E-state index contributed by atoms with van der Waals surface area (Å²) in [4.78, 5) is 26.9. The van der Waals surface area contributed by atoms with Gasteiger partial charge in [-0.05, 0) is 50.2 Å². The van der Waals surface area contributed by atoms with E-state index in [-0.39, 0.29) is 22.6 Å². The summed E-state index contributed by atoms with van der Waals surface area (Å²) < 4.78 is 39.5. The maximum Gasteiger partial charge on any atom is 0.300 e. The predicted octanol–water partition coefficient (Wildman–Crippen LogP) is 4.81. The number of ether oxygens (including phenoxy) is 1. The van der Waals surface area contributed by atoms with Crippen LogP contribution in [0.4, 0.5) is 14.5 Å². The first kappa shape index (κ1) is 21.3. The number of furan rings is 1. The summed E-state index contributed by atoms with van der Waals surface area (Å²) in [6.45, 7) is 3.44. The zero-order valence-corrected chi connectivity index (χ0v) is 17.5. The lowest BCUT2D eigenvalue weighted by Gasteiger charge is -2.24. The van der Waals surface area contributed by atoms with Crippen LogP contribution in [0, 0.1) is 25.5 Å². The molecule has 0 spiro atoms. The zero-order chi connectivity index (χ0) is 23.2. The number of hydrogen-bond donors (Lipinski definition) is 1. The Bertz CT molecular complexity index is 1280. The average Bonchev–Trinajstić information content (AvgIpc) is 3.30. The number of carbonyl (C=O) groups is 2. The van der Waals surface area contributed by atoms with Crippen LogP contribution in [0.5, 0.6) is 5.75 Å². The second-order valence-corrected chi connectivity index (χ2v) is 7.42. The first-order valence-corrected chi connectivity index (χ1v) is 9.70. The first-order valence-electron chi connectivity index (χ1n) is 9.70. The minimum Gasteiger partial charge on any atom is -0.507 e. The smallest absolute Gasteiger partial charge is 0.300 e. The Morgan fingerprint density at radius 2 is 1.81 bits per heavy atom. The van der Waals surface area contributed by atoms with Crippen LogP contribution in [-0.2, 0) is 9.59 Å². The number of Topliss-reactive ketones (excluding diaryl/α,β-unsaturated/α-hetero) is 1. The number of benzene rings is 2. The van der Waals surface area contributed by atoms with Gasteiger partial charge >= 0.3 is 0 Å². The van der Waals surface area contributed by atoms with Crippen molar-refractivity contribution in [1.82, 2.24) is 0 Å². The molecule has 1 atom stereocenters. The molecule has 2 heterocycles. The summed E-state index contributed by atoms with van der Waals surface area (Å²) >= 11 is 0. The van der Waals surface area contributed by atoms with Gasteiger partial charge in [0.2, 0.25) is 0 Å². The Labute approximate surface area is 182 Å². The van der Waals surface area contributed by atoms with Crippen molar-refractivity contribution in [2.75, 3.05) is 12.0 Å². The van der Waals surface area contributed by atoms with E-state index in [1.54, 1.807) is 38.1 Å². The molecule has 1 unspecified atom stereocenters. The van der Waals surface area contributed by atoms with Crippen molar-refractivity contribution in [3.63, 3.8) is 0 Å². The van der Waals surface area contributed by atoms with Gasteiger partial charge in [0.05, 0.1) is 23.9 Å². The molecule has 1 fully saturated rings. The highest BCUT2D eigenvalue weighted by atomic mass is 19.1. The van der Waals surface area contributed by atoms with Crippen molar-refractivity contribution >= 4 is 23.1 Å². The molecule has 1 aromatic heterocycles. The summed E-state index contributed by atoms with van der Waals surface area (Å²) in [5.41, 5.74) is 0.181. The number of hydrogen-bond acceptors (Lipinski definition) is 5. The van der Waals surface area contributed by atoms with Gasteiger partial charge in [-0.25, -0.2) is 8.78 Å². The highest BCUT2D eigenvalue weighted by molar-refractivity contribution is 6.51. The summed E-state index contributed by atoms with van der Waals surface area (Å²) in [7, 11) is 1.40. The van der Waals surface area contributed by atoms with Crippen molar-refractivity contribution < 1.29 is 32.6 Å². The molecule has 0 bridgehead atoms. The van der Waals surface area contributed by atoms with Crippen LogP contribution in [0.15, 0.2) is 58.5 Å². The van der Waals surface area contributed by atoms with E-state index < -0.39 is 40.8 Å². The summed E-state index contributed by atoms with van der Waals surface area (Å²) in [5.74, 6) is -3.55. The number of anilines is 1. The second-order valence-electron chi connectivity index (χ2n) is 7.42. The summed E-state index contributed by atoms with van der Waals surface area (Å²) in [6.07, 6.45) is 0. The molecular formula is C24H19F2NO5. The van der Waals surface area contributed by atoms with Crippen molar-refractivity contribution in [1.29, 1.82) is 0 Å². The van der Waals surface area contributed by atoms with Crippen LogP contribution in [0.3, 0.4) is 0 Å². The van der Waals surface area contributed by atoms with Gasteiger partial charge in [-0.15, -0.1) is 0 Å². The van der Waals surface area contributed by atoms with Crippen molar-refractivity contribution in [3.8, 4) is 5.75 Å². The Kier molecular flexibility index (Phi) is 5.30. The van der Waals surface area contributed by atoms with Crippen LogP contribution >= 0.6 is 0 Å². The third kappa shape index (κ3) is 3.43. The van der Waals surface area contributed by atoms with E-state index >= 15 is 0 Å². The van der Waals surface area contributed by atoms with Gasteiger partial charge in [0, 0.05) is 6.07 Å². The summed E-state index contributed by atoms with van der Waals surface area (Å²) in [6, 6.07) is 9.33. The fourth-order valence-electron chi connectivity index (χ4n) is 3.77. The molecule has 2 aromatic carbocycles. The molecular weight excluding hydrogens is 420 g/mol. The molecule has 1 saturated heterocycles. The minimum atomic E-state index is -1.31. The first-order chi connectivity index (χ1) is 15.2. The van der Waals surface area contributed by atoms with Gasteiger partial charge < -0.3 is 14.3 Å². The monoisotopic (exact) mass is 439 g/mol. The molecule has 8 heteroatoms. The quantitative estimate of drug-likeness (QED) is 0.359. The van der Waals surface area contributed by atoms with Gasteiger partial charge in [-0.1, -0.05) is 11.6 Å². The van der Waals surface area contributed by atoms with Crippen LogP contribution in [0.25, 0.3) is 5.76 Å². The number of carbonyl (C=O) groups excluding carboxylic acids is 2. The number of halogens is 2. The van der Waals surface area contributed by atoms with Gasteiger partial charge in [-0.3, -0.25) is 14.5 Å². The molecule has 164 valence electrons. The highest BCUT2D eigenvalue weighted by Gasteiger charge is 2.49. The van der Waals surface area contributed by atoms with Crippen LogP contribution in [-0.4, -0.2) is 23.9 Å². The molecule has 1 aliphatic heterocycles. The molecule has 1 amide bonds. The topological polar surface area (TPSA) is 80.0 Å². The maximum absolute atomic E-state index is 14.6. The normalized spacial score (nSPS) is 17.8. The van der Waals surface area contributed by atoms with Crippen LogP contribution in [0.2, 0.25) is 0 Å². The lowest BCUT2D eigenvalue weighted by atomic mass is 9.97. The van der Waals surface area contributed by atoms with Gasteiger partial charge in [0.1, 0.15) is 40.7 Å². The molecule has 3 aromatic rings. The molecule has 1 N–H and O–H groups in total. The Morgan fingerprint density at radius 3 is 2.47 bits per heavy atom. The predicted molar refractivity (Wildman–Crippen MR) is 112 cm³/mol. The molecule has 0 saturated carbocycles. The van der Waals surface area contributed by atoms with Crippen LogP contribution in [0.1, 0.15) is 28.7 Å². The Morgan fingerprint density at radius 1 is 1.06 bits per heavy atom. The molecule has 6 nitrogen and oxygen atoms in total. The lowest BCUT2D eigenvalue weighted by molar-refractivity contribution is -0.132. The number of aliphatic hydroxyl groups excluding tert-OH is 1. The standard InChI is InChI=1S/C24H19F2NO5/c1-12-4-8-18(31-3)15(10-12)22(28)20-21(19-9-5-13(2)32-19)27(24(30)23(20)29)17-11-14(25)6-7-16(17)26/h4-11,21,28H,1-3H3/b22-20-. The number of methoxy groups -OCH3 is 1. The fourth-order valence-corrected chi connectivity index (χ4v) is 3.77. The van der Waals surface area contributed by atoms with Gasteiger partial charge in [0.25, 0.3) is 11.7 Å². The van der Waals surface area contributed by atoms with E-state index in [0.29, 0.717) is 5.76 Å². The molecule has 1 aliphatic rings. The van der Waals surface area contributed by atoms with Gasteiger partial charge in [-0.2, -0.15) is 0 Å². The van der Waals surface area contributed by atoms with E-state index in [0.717, 1.165) is 28.7 Å².